The van der Waals surface area contributed by atoms with E-state index in [0.29, 0.717) is 33.7 Å². The molecule has 0 unspecified atom stereocenters. The Kier molecular flexibility index (Phi) is 6.37. The molecule has 1 saturated heterocycles. The lowest BCUT2D eigenvalue weighted by Crippen LogP contribution is -2.45. The zero-order valence-electron chi connectivity index (χ0n) is 21.8. The van der Waals surface area contributed by atoms with Gasteiger partial charge in [0.05, 0.1) is 6.20 Å². The van der Waals surface area contributed by atoms with Gasteiger partial charge in [0.25, 0.3) is 11.8 Å². The number of hydrogen-bond donors (Lipinski definition) is 1. The fraction of sp³-hybridized carbons (Fsp3) is 0.300. The van der Waals surface area contributed by atoms with Crippen molar-refractivity contribution in [3.8, 4) is 11.8 Å². The lowest BCUT2D eigenvalue weighted by molar-refractivity contribution is -0.0257. The van der Waals surface area contributed by atoms with Crippen LogP contribution in [0, 0.1) is 18.8 Å². The third-order valence-electron chi connectivity index (χ3n) is 7.60. The monoisotopic (exact) mass is 526 g/mol. The van der Waals surface area contributed by atoms with Gasteiger partial charge in [-0.15, -0.1) is 0 Å². The second-order valence-electron chi connectivity index (χ2n) is 10.2. The molecule has 1 fully saturated rings. The van der Waals surface area contributed by atoms with Crippen molar-refractivity contribution >= 4 is 17.2 Å². The number of fused-ring (bicyclic) bond motifs is 2. The van der Waals surface area contributed by atoms with Crippen LogP contribution < -0.4 is 5.32 Å². The normalized spacial score (nSPS) is 18.9. The van der Waals surface area contributed by atoms with E-state index in [0.717, 1.165) is 31.7 Å². The van der Waals surface area contributed by atoms with Gasteiger partial charge in [0.1, 0.15) is 5.69 Å². The number of hydrogen-bond acceptors (Lipinski definition) is 5. The first-order valence-corrected chi connectivity index (χ1v) is 13.0. The fourth-order valence-electron chi connectivity index (χ4n) is 5.31. The Morgan fingerprint density at radius 2 is 1.90 bits per heavy atom. The summed E-state index contributed by atoms with van der Waals surface area (Å²) in [7, 11) is 2.05. The van der Waals surface area contributed by atoms with Gasteiger partial charge in [0.15, 0.2) is 5.65 Å². The largest absolute Gasteiger partial charge is 0.322 e. The molecule has 0 radical (unpaired) electrons. The van der Waals surface area contributed by atoms with Crippen molar-refractivity contribution in [3.63, 3.8) is 0 Å². The molecule has 1 amide bonds. The van der Waals surface area contributed by atoms with Gasteiger partial charge in [-0.1, -0.05) is 18.1 Å². The van der Waals surface area contributed by atoms with Crippen molar-refractivity contribution < 1.29 is 13.6 Å². The van der Waals surface area contributed by atoms with Gasteiger partial charge in [-0.2, -0.15) is 5.10 Å². The maximum atomic E-state index is 15.1. The van der Waals surface area contributed by atoms with E-state index in [1.165, 1.54) is 6.07 Å². The van der Waals surface area contributed by atoms with Crippen LogP contribution in [0.15, 0.2) is 60.9 Å². The first kappa shape index (κ1) is 25.2. The van der Waals surface area contributed by atoms with Gasteiger partial charge < -0.3 is 10.2 Å². The van der Waals surface area contributed by atoms with Crippen molar-refractivity contribution in [2.24, 2.45) is 0 Å². The van der Waals surface area contributed by atoms with E-state index in [4.69, 9.17) is 0 Å². The standard InChI is InChI=1S/C30H28F2N6O/c1-20-5-6-22(16-21(20)7-9-24-19-33-28-4-3-11-34-38(24)28)29(39)35-23-8-10-25-26(17-23)30(31,32)18-27(25)37-14-12-36(2)13-15-37/h3-6,8,10-11,16-17,19,27H,12-15,18H2,1-2H3,(H,35,39)/t27-/m0/s1. The molecule has 0 bridgehead atoms. The molecule has 2 aliphatic rings. The lowest BCUT2D eigenvalue weighted by atomic mass is 10.0. The molecule has 1 atom stereocenters. The molecule has 0 spiro atoms. The number of nitrogens with one attached hydrogen (secondary N) is 1. The van der Waals surface area contributed by atoms with Crippen LogP contribution in [0.25, 0.3) is 5.65 Å². The number of benzene rings is 2. The van der Waals surface area contributed by atoms with Crippen LogP contribution in [0.5, 0.6) is 0 Å². The molecule has 39 heavy (non-hydrogen) atoms. The number of carbonyl (C=O) groups is 1. The molecule has 2 aromatic carbocycles. The first-order valence-electron chi connectivity index (χ1n) is 13.0. The number of amides is 1. The van der Waals surface area contributed by atoms with Gasteiger partial charge in [-0.3, -0.25) is 9.69 Å². The van der Waals surface area contributed by atoms with Crippen LogP contribution >= 0.6 is 0 Å². The Bertz CT molecular complexity index is 1630. The quantitative estimate of drug-likeness (QED) is 0.399. The van der Waals surface area contributed by atoms with Gasteiger partial charge in [-0.25, -0.2) is 18.3 Å². The van der Waals surface area contributed by atoms with E-state index in [1.807, 2.05) is 26.1 Å². The topological polar surface area (TPSA) is 65.8 Å². The van der Waals surface area contributed by atoms with Crippen molar-refractivity contribution in [1.29, 1.82) is 0 Å². The number of halogens is 2. The van der Waals surface area contributed by atoms with E-state index >= 15 is 8.78 Å². The van der Waals surface area contributed by atoms with Crippen LogP contribution in [-0.2, 0) is 5.92 Å². The number of alkyl halides is 2. The minimum absolute atomic E-state index is 0.00123. The van der Waals surface area contributed by atoms with Crippen LogP contribution in [0.2, 0.25) is 0 Å². The molecule has 0 saturated carbocycles. The van der Waals surface area contributed by atoms with E-state index in [9.17, 15) is 4.79 Å². The second-order valence-corrected chi connectivity index (χ2v) is 10.2. The number of imidazole rings is 1. The molecular weight excluding hydrogens is 498 g/mol. The first-order chi connectivity index (χ1) is 18.8. The summed E-state index contributed by atoms with van der Waals surface area (Å²) in [5.74, 6) is 2.87. The number of likely N-dealkylation sites (N-methyl/N-ethyl adjacent to an activating group) is 1. The van der Waals surface area contributed by atoms with Gasteiger partial charge in [0.2, 0.25) is 0 Å². The van der Waals surface area contributed by atoms with E-state index in [2.05, 4.69) is 37.0 Å². The van der Waals surface area contributed by atoms with Gasteiger partial charge in [0, 0.05) is 67.2 Å². The van der Waals surface area contributed by atoms with E-state index in [1.54, 1.807) is 47.2 Å². The summed E-state index contributed by atoms with van der Waals surface area (Å²) in [5.41, 5.74) is 4.32. The van der Waals surface area contributed by atoms with Gasteiger partial charge >= 0.3 is 0 Å². The molecule has 7 nitrogen and oxygen atoms in total. The van der Waals surface area contributed by atoms with Crippen molar-refractivity contribution in [1.82, 2.24) is 24.4 Å². The smallest absolute Gasteiger partial charge is 0.275 e. The highest BCUT2D eigenvalue weighted by molar-refractivity contribution is 6.04. The second kappa shape index (κ2) is 9.88. The molecule has 1 aliphatic carbocycles. The zero-order valence-corrected chi connectivity index (χ0v) is 21.8. The number of rotatable bonds is 3. The maximum absolute atomic E-state index is 15.1. The van der Waals surface area contributed by atoms with Crippen LogP contribution in [-0.4, -0.2) is 63.5 Å². The summed E-state index contributed by atoms with van der Waals surface area (Å²) in [6.45, 7) is 5.18. The van der Waals surface area contributed by atoms with Crippen molar-refractivity contribution in [2.45, 2.75) is 25.3 Å². The third kappa shape index (κ3) is 4.89. The minimum atomic E-state index is -2.94. The minimum Gasteiger partial charge on any atom is -0.322 e. The molecule has 4 aromatic rings. The Morgan fingerprint density at radius 3 is 2.72 bits per heavy atom. The molecule has 9 heteroatoms. The summed E-state index contributed by atoms with van der Waals surface area (Å²) >= 11 is 0. The summed E-state index contributed by atoms with van der Waals surface area (Å²) < 4.78 is 31.8. The number of aromatic nitrogens is 3. The van der Waals surface area contributed by atoms with Crippen molar-refractivity contribution in [2.75, 3.05) is 38.5 Å². The third-order valence-corrected chi connectivity index (χ3v) is 7.60. The molecule has 6 rings (SSSR count). The zero-order chi connectivity index (χ0) is 27.1. The fourth-order valence-corrected chi connectivity index (χ4v) is 5.31. The predicted octanol–water partition coefficient (Wildman–Crippen LogP) is 4.47. The number of piperazine rings is 1. The average Bonchev–Trinajstić information content (AvgIpc) is 3.46. The van der Waals surface area contributed by atoms with Gasteiger partial charge in [-0.05, 0) is 67.4 Å². The lowest BCUT2D eigenvalue weighted by Gasteiger charge is -2.36. The highest BCUT2D eigenvalue weighted by atomic mass is 19.3. The molecular formula is C30H28F2N6O. The van der Waals surface area contributed by atoms with Crippen molar-refractivity contribution in [3.05, 3.63) is 94.4 Å². The number of nitrogens with zero attached hydrogens (tertiary/aromatic N) is 5. The summed E-state index contributed by atoms with van der Waals surface area (Å²) in [6.07, 6.45) is 3.09. The highest BCUT2D eigenvalue weighted by Crippen LogP contribution is 2.50. The Hall–Kier alpha value is -4.13. The van der Waals surface area contributed by atoms with E-state index < -0.39 is 5.92 Å². The summed E-state index contributed by atoms with van der Waals surface area (Å²) in [4.78, 5) is 21.8. The Labute approximate surface area is 225 Å². The SMILES string of the molecule is Cc1ccc(C(=O)Nc2ccc3c(c2)C(F)(F)C[C@@H]3N2CCN(C)CC2)cc1C#Cc1cnc2cccnn12. The van der Waals surface area contributed by atoms with Crippen LogP contribution in [0.4, 0.5) is 14.5 Å². The highest BCUT2D eigenvalue weighted by Gasteiger charge is 2.47. The summed E-state index contributed by atoms with van der Waals surface area (Å²) in [6, 6.07) is 13.5. The van der Waals surface area contributed by atoms with Crippen LogP contribution in [0.1, 0.15) is 50.8 Å². The predicted molar refractivity (Wildman–Crippen MR) is 145 cm³/mol. The molecule has 1 N–H and O–H groups in total. The number of anilines is 1. The number of aryl methyl sites for hydroxylation is 1. The molecule has 1 aliphatic heterocycles. The Balaban J connectivity index is 1.22. The molecule has 198 valence electrons. The Morgan fingerprint density at radius 1 is 1.08 bits per heavy atom. The average molecular weight is 527 g/mol. The molecule has 3 heterocycles. The van der Waals surface area contributed by atoms with Crippen LogP contribution in [0.3, 0.4) is 0 Å². The maximum Gasteiger partial charge on any atom is 0.275 e. The number of carbonyl (C=O) groups excluding carboxylic acids is 1. The van der Waals surface area contributed by atoms with E-state index in [-0.39, 0.29) is 23.9 Å². The molecule has 2 aromatic heterocycles. The summed E-state index contributed by atoms with van der Waals surface area (Å²) in [5, 5.41) is 7.07.